The van der Waals surface area contributed by atoms with E-state index in [1.54, 1.807) is 31.4 Å². The van der Waals surface area contributed by atoms with Gasteiger partial charge in [-0.1, -0.05) is 20.8 Å². The van der Waals surface area contributed by atoms with Gasteiger partial charge in [0.25, 0.3) is 5.91 Å². The molecule has 3 fully saturated rings. The van der Waals surface area contributed by atoms with Crippen LogP contribution in [0, 0.1) is 29.1 Å². The predicted molar refractivity (Wildman–Crippen MR) is 123 cm³/mol. The van der Waals surface area contributed by atoms with Gasteiger partial charge in [0.15, 0.2) is 0 Å². The number of amides is 2. The number of fused-ring (bicyclic) bond motifs is 1. The Morgan fingerprint density at radius 1 is 1.09 bits per heavy atom. The lowest BCUT2D eigenvalue weighted by Crippen LogP contribution is -2.58. The van der Waals surface area contributed by atoms with Crippen molar-refractivity contribution in [1.82, 2.24) is 10.6 Å². The quantitative estimate of drug-likeness (QED) is 0.629. The minimum absolute atomic E-state index is 0.00618. The van der Waals surface area contributed by atoms with E-state index < -0.39 is 6.10 Å². The molecule has 176 valence electrons. The van der Waals surface area contributed by atoms with E-state index in [-0.39, 0.29) is 46.9 Å². The Morgan fingerprint density at radius 2 is 1.75 bits per heavy atom. The molecule has 0 heterocycles. The normalized spacial score (nSPS) is 35.3. The summed E-state index contributed by atoms with van der Waals surface area (Å²) in [7, 11) is 1.61. The molecular weight excluding hydrogens is 404 g/mol. The lowest BCUT2D eigenvalue weighted by Gasteiger charge is -2.56. The maximum atomic E-state index is 12.9. The second kappa shape index (κ2) is 9.05. The molecule has 6 nitrogen and oxygen atoms in total. The van der Waals surface area contributed by atoms with Crippen LogP contribution < -0.4 is 15.4 Å². The molecule has 3 aliphatic rings. The summed E-state index contributed by atoms with van der Waals surface area (Å²) in [5.74, 6) is 0.668. The smallest absolute Gasteiger partial charge is 0.251 e. The highest BCUT2D eigenvalue weighted by Crippen LogP contribution is 2.55. The first-order chi connectivity index (χ1) is 15.2. The third-order valence-corrected chi connectivity index (χ3v) is 8.54. The molecule has 0 unspecified atom stereocenters. The number of hydrogen-bond donors (Lipinski definition) is 3. The maximum Gasteiger partial charge on any atom is 0.251 e. The third kappa shape index (κ3) is 4.52. The first kappa shape index (κ1) is 23.1. The van der Waals surface area contributed by atoms with Crippen molar-refractivity contribution >= 4 is 11.8 Å². The van der Waals surface area contributed by atoms with Crippen LogP contribution in [0.4, 0.5) is 0 Å². The number of methoxy groups -OCH3 is 1. The topological polar surface area (TPSA) is 87.7 Å². The molecule has 6 heteroatoms. The molecule has 3 N–H and O–H groups in total. The fourth-order valence-electron chi connectivity index (χ4n) is 6.25. The summed E-state index contributed by atoms with van der Waals surface area (Å²) in [6.45, 7) is 6.40. The number of carbonyl (C=O) groups excluding carboxylic acids is 2. The van der Waals surface area contributed by atoms with E-state index in [1.165, 1.54) is 0 Å². The van der Waals surface area contributed by atoms with Crippen LogP contribution >= 0.6 is 0 Å². The van der Waals surface area contributed by atoms with Gasteiger partial charge in [0.05, 0.1) is 13.2 Å². The summed E-state index contributed by atoms with van der Waals surface area (Å²) in [6.07, 6.45) is 5.38. The highest BCUT2D eigenvalue weighted by molar-refractivity contribution is 5.94. The van der Waals surface area contributed by atoms with E-state index in [0.717, 1.165) is 44.3 Å². The number of rotatable bonds is 6. The van der Waals surface area contributed by atoms with Gasteiger partial charge in [0, 0.05) is 23.6 Å². The number of ether oxygens (including phenoxy) is 1. The van der Waals surface area contributed by atoms with Crippen molar-refractivity contribution in [2.75, 3.05) is 7.11 Å². The summed E-state index contributed by atoms with van der Waals surface area (Å²) in [4.78, 5) is 25.6. The molecule has 0 aliphatic heterocycles. The van der Waals surface area contributed by atoms with Crippen LogP contribution in [0.1, 0.15) is 69.7 Å². The van der Waals surface area contributed by atoms with Crippen molar-refractivity contribution in [2.24, 2.45) is 29.1 Å². The van der Waals surface area contributed by atoms with Crippen molar-refractivity contribution < 1.29 is 19.4 Å². The largest absolute Gasteiger partial charge is 0.497 e. The van der Waals surface area contributed by atoms with Crippen LogP contribution in [0.25, 0.3) is 0 Å². The van der Waals surface area contributed by atoms with E-state index in [1.807, 2.05) is 6.92 Å². The van der Waals surface area contributed by atoms with Gasteiger partial charge in [-0.05, 0) is 86.0 Å². The number of aliphatic hydroxyl groups excluding tert-OH is 1. The van der Waals surface area contributed by atoms with Gasteiger partial charge in [-0.3, -0.25) is 9.59 Å². The zero-order chi connectivity index (χ0) is 23.0. The average molecular weight is 443 g/mol. The lowest BCUT2D eigenvalue weighted by atomic mass is 9.51. The Balaban J connectivity index is 1.45. The molecule has 4 rings (SSSR count). The summed E-state index contributed by atoms with van der Waals surface area (Å²) in [6, 6.07) is 7.47. The summed E-state index contributed by atoms with van der Waals surface area (Å²) in [5.41, 5.74) is 0.655. The van der Waals surface area contributed by atoms with Gasteiger partial charge in [0.1, 0.15) is 5.75 Å². The predicted octanol–water partition coefficient (Wildman–Crippen LogP) is 3.53. The third-order valence-electron chi connectivity index (χ3n) is 8.54. The molecule has 3 saturated carbocycles. The Bertz CT molecular complexity index is 837. The van der Waals surface area contributed by atoms with Crippen LogP contribution in [0.15, 0.2) is 24.3 Å². The lowest BCUT2D eigenvalue weighted by molar-refractivity contribution is -0.142. The number of benzene rings is 1. The average Bonchev–Trinajstić information content (AvgIpc) is 3.59. The Labute approximate surface area is 191 Å². The molecule has 1 aromatic carbocycles. The van der Waals surface area contributed by atoms with Crippen LogP contribution in [-0.4, -0.2) is 42.2 Å². The highest BCUT2D eigenvalue weighted by atomic mass is 16.5. The van der Waals surface area contributed by atoms with Gasteiger partial charge < -0.3 is 20.5 Å². The molecule has 1 aromatic rings. The minimum atomic E-state index is -0.538. The summed E-state index contributed by atoms with van der Waals surface area (Å²) >= 11 is 0. The van der Waals surface area contributed by atoms with Crippen LogP contribution in [0.3, 0.4) is 0 Å². The second-order valence-corrected chi connectivity index (χ2v) is 10.7. The van der Waals surface area contributed by atoms with Crippen LogP contribution in [-0.2, 0) is 4.79 Å². The minimum Gasteiger partial charge on any atom is -0.497 e. The second-order valence-electron chi connectivity index (χ2n) is 10.7. The van der Waals surface area contributed by atoms with Crippen molar-refractivity contribution in [3.05, 3.63) is 29.8 Å². The Hall–Kier alpha value is -2.08. The zero-order valence-electron chi connectivity index (χ0n) is 19.8. The SMILES string of the molecule is COc1ccc(C(=O)N[C@H]2CC[C@]3(C)CC[C@H]([C@H](C)C(=O)NC4CC4)[C@H](O)[C@H]3[C@@H]2C)cc1. The molecule has 32 heavy (non-hydrogen) atoms. The Morgan fingerprint density at radius 3 is 2.38 bits per heavy atom. The molecule has 7 atom stereocenters. The molecule has 3 aliphatic carbocycles. The van der Waals surface area contributed by atoms with Crippen LogP contribution in [0.5, 0.6) is 5.75 Å². The molecule has 0 spiro atoms. The van der Waals surface area contributed by atoms with Gasteiger partial charge in [-0.15, -0.1) is 0 Å². The zero-order valence-corrected chi connectivity index (χ0v) is 19.8. The van der Waals surface area contributed by atoms with E-state index >= 15 is 0 Å². The van der Waals surface area contributed by atoms with Crippen molar-refractivity contribution in [3.8, 4) is 5.75 Å². The van der Waals surface area contributed by atoms with Crippen molar-refractivity contribution in [1.29, 1.82) is 0 Å². The standard InChI is InChI=1S/C26H38N2O4/c1-15(24(30)27-18-7-8-18)20-11-13-26(3)14-12-21(16(2)22(26)23(20)29)28-25(31)17-5-9-19(32-4)10-6-17/h5-6,9-10,15-16,18,20-23,29H,7-8,11-14H2,1-4H3,(H,27,30)(H,28,31)/t15-,16+,20+,21-,22+,23-,26-/m0/s1. The summed E-state index contributed by atoms with van der Waals surface area (Å²) in [5, 5.41) is 17.8. The molecule has 0 radical (unpaired) electrons. The first-order valence-corrected chi connectivity index (χ1v) is 12.2. The molecular formula is C26H38N2O4. The number of nitrogens with one attached hydrogen (secondary N) is 2. The number of aliphatic hydroxyl groups is 1. The fourth-order valence-corrected chi connectivity index (χ4v) is 6.25. The van der Waals surface area contributed by atoms with E-state index in [4.69, 9.17) is 4.74 Å². The fraction of sp³-hybridized carbons (Fsp3) is 0.692. The van der Waals surface area contributed by atoms with Crippen molar-refractivity contribution in [2.45, 2.75) is 77.5 Å². The van der Waals surface area contributed by atoms with Gasteiger partial charge in [-0.25, -0.2) is 0 Å². The number of hydrogen-bond acceptors (Lipinski definition) is 4. The molecule has 0 aromatic heterocycles. The van der Waals surface area contributed by atoms with Crippen molar-refractivity contribution in [3.63, 3.8) is 0 Å². The first-order valence-electron chi connectivity index (χ1n) is 12.2. The highest BCUT2D eigenvalue weighted by Gasteiger charge is 2.54. The molecule has 0 saturated heterocycles. The molecule has 0 bridgehead atoms. The van der Waals surface area contributed by atoms with E-state index in [0.29, 0.717) is 11.6 Å². The van der Waals surface area contributed by atoms with Crippen LogP contribution in [0.2, 0.25) is 0 Å². The number of carbonyl (C=O) groups is 2. The van der Waals surface area contributed by atoms with E-state index in [9.17, 15) is 14.7 Å². The van der Waals surface area contributed by atoms with E-state index in [2.05, 4.69) is 24.5 Å². The Kier molecular flexibility index (Phi) is 6.53. The summed E-state index contributed by atoms with van der Waals surface area (Å²) < 4.78 is 5.18. The maximum absolute atomic E-state index is 12.9. The monoisotopic (exact) mass is 442 g/mol. The van der Waals surface area contributed by atoms with Gasteiger partial charge >= 0.3 is 0 Å². The molecule has 2 amide bonds. The van der Waals surface area contributed by atoms with Gasteiger partial charge in [0.2, 0.25) is 5.91 Å². The van der Waals surface area contributed by atoms with Gasteiger partial charge in [-0.2, -0.15) is 0 Å².